The smallest absolute Gasteiger partial charge is 0.166 e. The molecule has 1 nitrogen and oxygen atoms in total. The summed E-state index contributed by atoms with van der Waals surface area (Å²) in [4.78, 5) is 0. The Morgan fingerprint density at radius 1 is 1.00 bits per heavy atom. The van der Waals surface area contributed by atoms with Crippen LogP contribution in [-0.2, 0) is 0 Å². The Morgan fingerprint density at radius 2 is 1.38 bits per heavy atom. The van der Waals surface area contributed by atoms with Crippen LogP contribution in [0.25, 0.3) is 0 Å². The molecule has 0 spiro atoms. The summed E-state index contributed by atoms with van der Waals surface area (Å²) in [6.45, 7) is 4.87. The highest BCUT2D eigenvalue weighted by molar-refractivity contribution is 5.26. The molecule has 0 aliphatic heterocycles. The molecule has 2 N–H and O–H groups in total. The highest BCUT2D eigenvalue weighted by Gasteiger charge is 2.31. The standard InChI is InChI=1S/C11H13F4N/c1-11(2,3)10(16)7-8(14)5(12)4-6(13)9(7)15/h4,10H,16H2,1-3H3/t10-/m1/s1. The Labute approximate surface area is 91.3 Å². The van der Waals surface area contributed by atoms with E-state index in [-0.39, 0.29) is 6.07 Å². The molecule has 0 fully saturated rings. The van der Waals surface area contributed by atoms with Gasteiger partial charge in [0, 0.05) is 17.7 Å². The van der Waals surface area contributed by atoms with Crippen LogP contribution in [0.2, 0.25) is 0 Å². The number of halogens is 4. The van der Waals surface area contributed by atoms with Crippen LogP contribution in [0, 0.1) is 28.7 Å². The highest BCUT2D eigenvalue weighted by atomic mass is 19.2. The summed E-state index contributed by atoms with van der Waals surface area (Å²) in [5.41, 5.74) is 4.15. The van der Waals surface area contributed by atoms with Crippen molar-refractivity contribution in [3.63, 3.8) is 0 Å². The Hall–Kier alpha value is -1.10. The third-order valence-corrected chi connectivity index (χ3v) is 2.39. The van der Waals surface area contributed by atoms with E-state index < -0.39 is 40.3 Å². The fourth-order valence-electron chi connectivity index (χ4n) is 1.30. The molecule has 0 aliphatic carbocycles. The van der Waals surface area contributed by atoms with Gasteiger partial charge in [0.25, 0.3) is 0 Å². The summed E-state index contributed by atoms with van der Waals surface area (Å²) in [5, 5.41) is 0. The minimum atomic E-state index is -1.44. The van der Waals surface area contributed by atoms with Crippen molar-refractivity contribution >= 4 is 0 Å². The third-order valence-electron chi connectivity index (χ3n) is 2.39. The Kier molecular flexibility index (Phi) is 3.28. The zero-order chi connectivity index (χ0) is 12.7. The van der Waals surface area contributed by atoms with Gasteiger partial charge in [-0.25, -0.2) is 17.6 Å². The zero-order valence-electron chi connectivity index (χ0n) is 9.24. The molecule has 0 heterocycles. The zero-order valence-corrected chi connectivity index (χ0v) is 9.24. The van der Waals surface area contributed by atoms with E-state index >= 15 is 0 Å². The molecule has 0 saturated heterocycles. The van der Waals surface area contributed by atoms with Crippen molar-refractivity contribution in [3.05, 3.63) is 34.9 Å². The molecule has 1 atom stereocenters. The first kappa shape index (κ1) is 13.0. The maximum absolute atomic E-state index is 13.4. The van der Waals surface area contributed by atoms with Crippen LogP contribution in [0.3, 0.4) is 0 Å². The monoisotopic (exact) mass is 235 g/mol. The van der Waals surface area contributed by atoms with Crippen LogP contribution in [0.1, 0.15) is 32.4 Å². The van der Waals surface area contributed by atoms with Crippen molar-refractivity contribution < 1.29 is 17.6 Å². The van der Waals surface area contributed by atoms with Gasteiger partial charge in [-0.3, -0.25) is 0 Å². The Morgan fingerprint density at radius 3 is 1.69 bits per heavy atom. The SMILES string of the molecule is CC(C)(C)[C@H](N)c1c(F)c(F)cc(F)c1F. The van der Waals surface area contributed by atoms with Crippen LogP contribution in [0.15, 0.2) is 6.07 Å². The van der Waals surface area contributed by atoms with Gasteiger partial charge in [-0.05, 0) is 5.41 Å². The average molecular weight is 235 g/mol. The molecule has 0 unspecified atom stereocenters. The molecular weight excluding hydrogens is 222 g/mol. The second kappa shape index (κ2) is 4.05. The lowest BCUT2D eigenvalue weighted by atomic mass is 9.82. The maximum atomic E-state index is 13.4. The molecule has 5 heteroatoms. The molecule has 90 valence electrons. The van der Waals surface area contributed by atoms with E-state index in [4.69, 9.17) is 5.73 Å². The molecule has 1 aromatic rings. The fourth-order valence-corrected chi connectivity index (χ4v) is 1.30. The van der Waals surface area contributed by atoms with Crippen molar-refractivity contribution in [2.24, 2.45) is 11.1 Å². The summed E-state index contributed by atoms with van der Waals surface area (Å²) < 4.78 is 52.6. The van der Waals surface area contributed by atoms with Gasteiger partial charge in [0.15, 0.2) is 23.3 Å². The molecule has 0 aliphatic rings. The van der Waals surface area contributed by atoms with E-state index in [0.717, 1.165) is 0 Å². The van der Waals surface area contributed by atoms with Crippen LogP contribution in [0.5, 0.6) is 0 Å². The maximum Gasteiger partial charge on any atom is 0.166 e. The number of hydrogen-bond donors (Lipinski definition) is 1. The predicted molar refractivity (Wildman–Crippen MR) is 52.7 cm³/mol. The van der Waals surface area contributed by atoms with E-state index in [0.29, 0.717) is 0 Å². The molecular formula is C11H13F4N. The van der Waals surface area contributed by atoms with Gasteiger partial charge in [-0.2, -0.15) is 0 Å². The van der Waals surface area contributed by atoms with Crippen molar-refractivity contribution in [1.29, 1.82) is 0 Å². The average Bonchev–Trinajstić information content (AvgIpc) is 2.13. The van der Waals surface area contributed by atoms with Crippen molar-refractivity contribution in [3.8, 4) is 0 Å². The van der Waals surface area contributed by atoms with Crippen LogP contribution in [-0.4, -0.2) is 0 Å². The second-order valence-corrected chi connectivity index (χ2v) is 4.73. The van der Waals surface area contributed by atoms with Gasteiger partial charge < -0.3 is 5.73 Å². The highest BCUT2D eigenvalue weighted by Crippen LogP contribution is 2.34. The second-order valence-electron chi connectivity index (χ2n) is 4.73. The summed E-state index contributed by atoms with van der Waals surface area (Å²) >= 11 is 0. The van der Waals surface area contributed by atoms with E-state index in [1.54, 1.807) is 20.8 Å². The number of rotatable bonds is 1. The lowest BCUT2D eigenvalue weighted by Crippen LogP contribution is -2.29. The van der Waals surface area contributed by atoms with E-state index in [2.05, 4.69) is 0 Å². The fraction of sp³-hybridized carbons (Fsp3) is 0.455. The first-order valence-electron chi connectivity index (χ1n) is 4.74. The minimum absolute atomic E-state index is 0.170. The van der Waals surface area contributed by atoms with E-state index in [9.17, 15) is 17.6 Å². The minimum Gasteiger partial charge on any atom is -0.323 e. The molecule has 16 heavy (non-hydrogen) atoms. The topological polar surface area (TPSA) is 26.0 Å². The lowest BCUT2D eigenvalue weighted by Gasteiger charge is -2.28. The van der Waals surface area contributed by atoms with Crippen LogP contribution >= 0.6 is 0 Å². The normalized spacial score (nSPS) is 14.0. The van der Waals surface area contributed by atoms with Crippen molar-refractivity contribution in [1.82, 2.24) is 0 Å². The summed E-state index contributed by atoms with van der Waals surface area (Å²) in [7, 11) is 0. The molecule has 0 aromatic heterocycles. The van der Waals surface area contributed by atoms with Gasteiger partial charge >= 0.3 is 0 Å². The van der Waals surface area contributed by atoms with Gasteiger partial charge in [-0.15, -0.1) is 0 Å². The van der Waals surface area contributed by atoms with Crippen molar-refractivity contribution in [2.75, 3.05) is 0 Å². The number of benzene rings is 1. The van der Waals surface area contributed by atoms with Gasteiger partial charge in [0.2, 0.25) is 0 Å². The summed E-state index contributed by atoms with van der Waals surface area (Å²) in [6.07, 6.45) is 0. The number of hydrogen-bond acceptors (Lipinski definition) is 1. The van der Waals surface area contributed by atoms with Gasteiger partial charge in [0.05, 0.1) is 0 Å². The number of nitrogens with two attached hydrogens (primary N) is 1. The summed E-state index contributed by atoms with van der Waals surface area (Å²) in [6, 6.07) is -0.957. The van der Waals surface area contributed by atoms with Crippen LogP contribution in [0.4, 0.5) is 17.6 Å². The van der Waals surface area contributed by atoms with Crippen molar-refractivity contribution in [2.45, 2.75) is 26.8 Å². The van der Waals surface area contributed by atoms with Gasteiger partial charge in [0.1, 0.15) is 0 Å². The van der Waals surface area contributed by atoms with Gasteiger partial charge in [-0.1, -0.05) is 20.8 Å². The molecule has 0 radical (unpaired) electrons. The first-order chi connectivity index (χ1) is 7.16. The molecule has 1 rings (SSSR count). The van der Waals surface area contributed by atoms with E-state index in [1.165, 1.54) is 0 Å². The molecule has 0 bridgehead atoms. The first-order valence-corrected chi connectivity index (χ1v) is 4.74. The lowest BCUT2D eigenvalue weighted by molar-refractivity contribution is 0.301. The molecule has 0 saturated carbocycles. The van der Waals surface area contributed by atoms with Crippen LogP contribution < -0.4 is 5.73 Å². The Balaban J connectivity index is 3.44. The largest absolute Gasteiger partial charge is 0.323 e. The van der Waals surface area contributed by atoms with E-state index in [1.807, 2.05) is 0 Å². The molecule has 0 amide bonds. The summed E-state index contributed by atoms with van der Waals surface area (Å²) in [5.74, 6) is -5.73. The quantitative estimate of drug-likeness (QED) is 0.586. The predicted octanol–water partition coefficient (Wildman–Crippen LogP) is 3.29. The Bertz CT molecular complexity index is 383. The third kappa shape index (κ3) is 2.19. The molecule has 1 aromatic carbocycles.